The summed E-state index contributed by atoms with van der Waals surface area (Å²) in [6.07, 6.45) is -3.98. The Labute approximate surface area is 144 Å². The molecule has 2 unspecified atom stereocenters. The third-order valence-electron chi connectivity index (χ3n) is 4.48. The Morgan fingerprint density at radius 1 is 1.04 bits per heavy atom. The summed E-state index contributed by atoms with van der Waals surface area (Å²) in [6, 6.07) is 14.4. The summed E-state index contributed by atoms with van der Waals surface area (Å²) in [5, 5.41) is 0. The van der Waals surface area contributed by atoms with Crippen molar-refractivity contribution >= 4 is 11.5 Å². The van der Waals surface area contributed by atoms with Crippen LogP contribution < -0.4 is 0 Å². The Kier molecular flexibility index (Phi) is 4.75. The largest absolute Gasteiger partial charge is 0.416 e. The fourth-order valence-corrected chi connectivity index (χ4v) is 3.37. The van der Waals surface area contributed by atoms with E-state index in [4.69, 9.17) is 0 Å². The second kappa shape index (κ2) is 6.82. The fourth-order valence-electron chi connectivity index (χ4n) is 3.37. The maximum Gasteiger partial charge on any atom is 0.416 e. The molecule has 0 aliphatic heterocycles. The number of hydrogen-bond donors (Lipinski definition) is 0. The molecule has 0 amide bonds. The second-order valence-corrected chi connectivity index (χ2v) is 6.09. The maximum atomic E-state index is 13.0. The van der Waals surface area contributed by atoms with Crippen molar-refractivity contribution in [3.05, 3.63) is 71.3 Å². The molecule has 2 aromatic rings. The predicted molar refractivity (Wildman–Crippen MR) is 91.0 cm³/mol. The SMILES string of the molecule is CCN=C1CC(c2ccccc2)C(=O)C1c1cccc(C(F)(F)F)c1. The fraction of sp³-hybridized carbons (Fsp3) is 0.300. The normalized spacial score (nSPS) is 22.6. The van der Waals surface area contributed by atoms with Crippen LogP contribution in [0, 0.1) is 0 Å². The lowest BCUT2D eigenvalue weighted by Gasteiger charge is -2.14. The summed E-state index contributed by atoms with van der Waals surface area (Å²) in [7, 11) is 0. The lowest BCUT2D eigenvalue weighted by Crippen LogP contribution is -2.16. The zero-order chi connectivity index (χ0) is 18.0. The number of aliphatic imine (C=N–C) groups is 1. The van der Waals surface area contributed by atoms with Gasteiger partial charge in [0.05, 0.1) is 11.5 Å². The summed E-state index contributed by atoms with van der Waals surface area (Å²) >= 11 is 0. The first-order valence-electron chi connectivity index (χ1n) is 8.21. The summed E-state index contributed by atoms with van der Waals surface area (Å²) in [4.78, 5) is 17.4. The van der Waals surface area contributed by atoms with Gasteiger partial charge in [-0.1, -0.05) is 48.5 Å². The highest BCUT2D eigenvalue weighted by Crippen LogP contribution is 2.40. The molecule has 2 atom stereocenters. The minimum Gasteiger partial charge on any atom is -0.298 e. The van der Waals surface area contributed by atoms with Gasteiger partial charge in [0.1, 0.15) is 0 Å². The molecule has 0 aromatic heterocycles. The van der Waals surface area contributed by atoms with Crippen molar-refractivity contribution in [2.75, 3.05) is 6.54 Å². The van der Waals surface area contributed by atoms with Gasteiger partial charge in [-0.05, 0) is 24.1 Å². The van der Waals surface area contributed by atoms with Crippen LogP contribution >= 0.6 is 0 Å². The minimum absolute atomic E-state index is 0.0854. The number of carbonyl (C=O) groups excluding carboxylic acids is 1. The number of ketones is 1. The van der Waals surface area contributed by atoms with Gasteiger partial charge in [0.2, 0.25) is 0 Å². The molecule has 0 bridgehead atoms. The zero-order valence-corrected chi connectivity index (χ0v) is 13.8. The highest BCUT2D eigenvalue weighted by Gasteiger charge is 2.41. The van der Waals surface area contributed by atoms with Gasteiger partial charge in [-0.2, -0.15) is 13.2 Å². The Hall–Kier alpha value is -2.43. The number of carbonyl (C=O) groups is 1. The third kappa shape index (κ3) is 3.50. The topological polar surface area (TPSA) is 29.4 Å². The smallest absolute Gasteiger partial charge is 0.298 e. The molecule has 1 fully saturated rings. The van der Waals surface area contributed by atoms with E-state index in [2.05, 4.69) is 4.99 Å². The van der Waals surface area contributed by atoms with Crippen LogP contribution in [-0.4, -0.2) is 18.0 Å². The van der Waals surface area contributed by atoms with E-state index in [9.17, 15) is 18.0 Å². The van der Waals surface area contributed by atoms with Crippen LogP contribution in [0.4, 0.5) is 13.2 Å². The van der Waals surface area contributed by atoms with Gasteiger partial charge in [-0.3, -0.25) is 9.79 Å². The van der Waals surface area contributed by atoms with E-state index < -0.39 is 17.7 Å². The molecule has 2 aromatic carbocycles. The van der Waals surface area contributed by atoms with Crippen LogP contribution in [0.1, 0.15) is 41.9 Å². The van der Waals surface area contributed by atoms with E-state index in [0.717, 1.165) is 17.7 Å². The number of Topliss-reactive ketones (excluding diaryl/α,β-unsaturated/α-hetero) is 1. The molecule has 1 saturated carbocycles. The lowest BCUT2D eigenvalue weighted by molar-refractivity contribution is -0.137. The van der Waals surface area contributed by atoms with Gasteiger partial charge in [0, 0.05) is 24.6 Å². The van der Waals surface area contributed by atoms with E-state index in [1.165, 1.54) is 6.07 Å². The standard InChI is InChI=1S/C20H18F3NO/c1-2-24-17-12-16(13-7-4-3-5-8-13)19(25)18(17)14-9-6-10-15(11-14)20(21,22)23/h3-11,16,18H,2,12H2,1H3. The molecule has 2 nitrogen and oxygen atoms in total. The van der Waals surface area contributed by atoms with Crippen LogP contribution in [0.3, 0.4) is 0 Å². The molecule has 1 aliphatic carbocycles. The van der Waals surface area contributed by atoms with Crippen LogP contribution in [-0.2, 0) is 11.0 Å². The molecule has 1 aliphatic rings. The Morgan fingerprint density at radius 2 is 1.72 bits per heavy atom. The van der Waals surface area contributed by atoms with Crippen molar-refractivity contribution in [2.45, 2.75) is 31.4 Å². The molecule has 0 radical (unpaired) electrons. The number of halogens is 3. The molecular formula is C20H18F3NO. The first-order chi connectivity index (χ1) is 11.9. The highest BCUT2D eigenvalue weighted by molar-refractivity contribution is 6.18. The first-order valence-corrected chi connectivity index (χ1v) is 8.21. The molecule has 0 saturated heterocycles. The van der Waals surface area contributed by atoms with E-state index in [1.807, 2.05) is 37.3 Å². The van der Waals surface area contributed by atoms with Gasteiger partial charge in [-0.25, -0.2) is 0 Å². The molecule has 0 N–H and O–H groups in total. The Bertz CT molecular complexity index is 796. The average molecular weight is 345 g/mol. The van der Waals surface area contributed by atoms with Crippen LogP contribution in [0.2, 0.25) is 0 Å². The molecule has 0 spiro atoms. The molecule has 0 heterocycles. The van der Waals surface area contributed by atoms with E-state index in [0.29, 0.717) is 24.2 Å². The van der Waals surface area contributed by atoms with Gasteiger partial charge in [-0.15, -0.1) is 0 Å². The van der Waals surface area contributed by atoms with Gasteiger partial charge < -0.3 is 0 Å². The second-order valence-electron chi connectivity index (χ2n) is 6.09. The minimum atomic E-state index is -4.43. The first kappa shape index (κ1) is 17.4. The summed E-state index contributed by atoms with van der Waals surface area (Å²) < 4.78 is 39.1. The van der Waals surface area contributed by atoms with Crippen molar-refractivity contribution in [3.8, 4) is 0 Å². The Morgan fingerprint density at radius 3 is 2.36 bits per heavy atom. The summed E-state index contributed by atoms with van der Waals surface area (Å²) in [5.74, 6) is -1.14. The van der Waals surface area contributed by atoms with Gasteiger partial charge >= 0.3 is 6.18 Å². The summed E-state index contributed by atoms with van der Waals surface area (Å²) in [5.41, 5.74) is 1.17. The van der Waals surface area contributed by atoms with Crippen molar-refractivity contribution in [2.24, 2.45) is 4.99 Å². The number of benzene rings is 2. The van der Waals surface area contributed by atoms with Gasteiger partial charge in [0.15, 0.2) is 5.78 Å². The molecule has 130 valence electrons. The maximum absolute atomic E-state index is 13.0. The molecule has 3 rings (SSSR count). The third-order valence-corrected chi connectivity index (χ3v) is 4.48. The van der Waals surface area contributed by atoms with E-state index in [1.54, 1.807) is 6.07 Å². The van der Waals surface area contributed by atoms with E-state index >= 15 is 0 Å². The average Bonchev–Trinajstić information content (AvgIpc) is 2.92. The zero-order valence-electron chi connectivity index (χ0n) is 13.8. The van der Waals surface area contributed by atoms with Crippen molar-refractivity contribution < 1.29 is 18.0 Å². The van der Waals surface area contributed by atoms with Crippen LogP contribution in [0.5, 0.6) is 0 Å². The number of hydrogen-bond acceptors (Lipinski definition) is 2. The molecule has 5 heteroatoms. The number of rotatable bonds is 3. The van der Waals surface area contributed by atoms with Crippen molar-refractivity contribution in [1.29, 1.82) is 0 Å². The predicted octanol–water partition coefficient (Wildman–Crippen LogP) is 5.01. The lowest BCUT2D eigenvalue weighted by atomic mass is 9.90. The van der Waals surface area contributed by atoms with Crippen molar-refractivity contribution in [1.82, 2.24) is 0 Å². The number of alkyl halides is 3. The van der Waals surface area contributed by atoms with Crippen LogP contribution in [0.15, 0.2) is 59.6 Å². The quantitative estimate of drug-likeness (QED) is 0.769. The Balaban J connectivity index is 2.02. The van der Waals surface area contributed by atoms with E-state index in [-0.39, 0.29) is 11.7 Å². The van der Waals surface area contributed by atoms with Crippen molar-refractivity contribution in [3.63, 3.8) is 0 Å². The highest BCUT2D eigenvalue weighted by atomic mass is 19.4. The molecule has 25 heavy (non-hydrogen) atoms. The monoisotopic (exact) mass is 345 g/mol. The summed E-state index contributed by atoms with van der Waals surface area (Å²) in [6.45, 7) is 2.36. The van der Waals surface area contributed by atoms with Gasteiger partial charge in [0.25, 0.3) is 0 Å². The molecular weight excluding hydrogens is 327 g/mol. The number of nitrogens with zero attached hydrogens (tertiary/aromatic N) is 1. The van der Waals surface area contributed by atoms with Crippen LogP contribution in [0.25, 0.3) is 0 Å².